The summed E-state index contributed by atoms with van der Waals surface area (Å²) < 4.78 is 46.6. The zero-order chi connectivity index (χ0) is 23.0. The van der Waals surface area contributed by atoms with Crippen LogP contribution in [-0.4, -0.2) is 20.4 Å². The van der Waals surface area contributed by atoms with Crippen LogP contribution < -0.4 is 15.8 Å². The van der Waals surface area contributed by atoms with Crippen molar-refractivity contribution >= 4 is 40.2 Å². The molecule has 32 heavy (non-hydrogen) atoms. The number of ether oxygens (including phenoxy) is 1. The Morgan fingerprint density at radius 2 is 1.88 bits per heavy atom. The van der Waals surface area contributed by atoms with E-state index in [1.807, 2.05) is 0 Å². The number of halogens is 4. The number of nitrogens with two attached hydrogens (primary N) is 1. The second-order valence-electron chi connectivity index (χ2n) is 6.81. The number of hydrogen-bond acceptors (Lipinski definition) is 5. The van der Waals surface area contributed by atoms with Crippen LogP contribution in [-0.2, 0) is 13.2 Å². The van der Waals surface area contributed by atoms with Crippen molar-refractivity contribution in [2.24, 2.45) is 12.8 Å². The number of carbonyl (C=O) groups excluding carboxylic acids is 1. The first-order chi connectivity index (χ1) is 15.1. The Labute approximate surface area is 184 Å². The molecule has 0 unspecified atom stereocenters. The first-order valence-corrected chi connectivity index (χ1v) is 9.53. The third-order valence-electron chi connectivity index (χ3n) is 4.61. The Balaban J connectivity index is 1.64. The molecule has 0 fully saturated rings. The van der Waals surface area contributed by atoms with Crippen LogP contribution in [0.4, 0.5) is 24.8 Å². The van der Waals surface area contributed by atoms with Crippen LogP contribution >= 0.6 is 11.6 Å². The van der Waals surface area contributed by atoms with Crippen LogP contribution in [0.5, 0.6) is 11.5 Å². The van der Waals surface area contributed by atoms with Crippen LogP contribution in [0.3, 0.4) is 0 Å². The number of anilines is 2. The summed E-state index contributed by atoms with van der Waals surface area (Å²) in [5.74, 6) is 0.400. The van der Waals surface area contributed by atoms with Gasteiger partial charge in [-0.05, 0) is 36.4 Å². The lowest BCUT2D eigenvalue weighted by molar-refractivity contribution is -0.137. The van der Waals surface area contributed by atoms with E-state index in [2.05, 4.69) is 15.3 Å². The molecule has 2 heterocycles. The fourth-order valence-electron chi connectivity index (χ4n) is 3.02. The largest absolute Gasteiger partial charge is 0.457 e. The fraction of sp³-hybridized carbons (Fsp3) is 0.0952. The van der Waals surface area contributed by atoms with E-state index in [4.69, 9.17) is 22.1 Å². The highest BCUT2D eigenvalue weighted by molar-refractivity contribution is 6.33. The van der Waals surface area contributed by atoms with Gasteiger partial charge in [-0.1, -0.05) is 11.6 Å². The Hall–Kier alpha value is -3.79. The van der Waals surface area contributed by atoms with E-state index < -0.39 is 17.6 Å². The summed E-state index contributed by atoms with van der Waals surface area (Å²) in [6.07, 6.45) is -3.10. The van der Waals surface area contributed by atoms with Gasteiger partial charge in [-0.15, -0.1) is 0 Å². The molecule has 7 nitrogen and oxygen atoms in total. The number of primary amides is 1. The molecule has 164 valence electrons. The number of fused-ring (bicyclic) bond motifs is 1. The van der Waals surface area contributed by atoms with E-state index >= 15 is 0 Å². The van der Waals surface area contributed by atoms with E-state index in [-0.39, 0.29) is 16.4 Å². The van der Waals surface area contributed by atoms with Gasteiger partial charge in [0, 0.05) is 25.4 Å². The van der Waals surface area contributed by atoms with Gasteiger partial charge in [0.1, 0.15) is 17.2 Å². The average molecular weight is 462 g/mol. The maximum Gasteiger partial charge on any atom is 0.416 e. The normalized spacial score (nSPS) is 11.5. The molecule has 11 heteroatoms. The van der Waals surface area contributed by atoms with Crippen molar-refractivity contribution in [1.82, 2.24) is 14.5 Å². The van der Waals surface area contributed by atoms with E-state index in [1.54, 1.807) is 35.9 Å². The minimum Gasteiger partial charge on any atom is -0.457 e. The predicted molar refractivity (Wildman–Crippen MR) is 113 cm³/mol. The standard InChI is InChI=1S/C21H15ClF3N5O2/c1-30-18-5-3-12(32-13-6-7-27-17(10-13)19(26)31)9-16(18)29-20(30)28-15-8-11(21(23,24)25)2-4-14(15)22/h2-10H,1H3,(H2,26,31)(H,28,29). The highest BCUT2D eigenvalue weighted by Gasteiger charge is 2.31. The first-order valence-electron chi connectivity index (χ1n) is 9.16. The third-order valence-corrected chi connectivity index (χ3v) is 4.94. The minimum absolute atomic E-state index is 0.0610. The molecule has 1 amide bonds. The SMILES string of the molecule is Cn1c(Nc2cc(C(F)(F)F)ccc2Cl)nc2cc(Oc3ccnc(C(N)=O)c3)ccc21. The van der Waals surface area contributed by atoms with Gasteiger partial charge in [-0.3, -0.25) is 9.78 Å². The number of aromatic nitrogens is 3. The van der Waals surface area contributed by atoms with E-state index in [9.17, 15) is 18.0 Å². The van der Waals surface area contributed by atoms with Crippen molar-refractivity contribution in [2.75, 3.05) is 5.32 Å². The zero-order valence-corrected chi connectivity index (χ0v) is 17.2. The lowest BCUT2D eigenvalue weighted by Crippen LogP contribution is -2.12. The number of pyridine rings is 1. The summed E-state index contributed by atoms with van der Waals surface area (Å²) in [5.41, 5.74) is 5.77. The highest BCUT2D eigenvalue weighted by Crippen LogP contribution is 2.35. The molecule has 0 aliphatic heterocycles. The quantitative estimate of drug-likeness (QED) is 0.422. The topological polar surface area (TPSA) is 95.1 Å². The minimum atomic E-state index is -4.50. The molecule has 4 rings (SSSR count). The van der Waals surface area contributed by atoms with Gasteiger partial charge in [0.2, 0.25) is 5.95 Å². The monoisotopic (exact) mass is 461 g/mol. The second-order valence-corrected chi connectivity index (χ2v) is 7.21. The number of nitrogens with one attached hydrogen (secondary N) is 1. The summed E-state index contributed by atoms with van der Waals surface area (Å²) in [7, 11) is 1.71. The van der Waals surface area contributed by atoms with Gasteiger partial charge in [0.25, 0.3) is 5.91 Å². The molecule has 2 aromatic carbocycles. The van der Waals surface area contributed by atoms with Crippen LogP contribution in [0.2, 0.25) is 5.02 Å². The van der Waals surface area contributed by atoms with Crippen LogP contribution in [0.15, 0.2) is 54.7 Å². The summed E-state index contributed by atoms with van der Waals surface area (Å²) in [6.45, 7) is 0. The molecule has 2 aromatic heterocycles. The maximum absolute atomic E-state index is 13.0. The molecule has 0 saturated heterocycles. The van der Waals surface area contributed by atoms with Crippen LogP contribution in [0, 0.1) is 0 Å². The smallest absolute Gasteiger partial charge is 0.416 e. The maximum atomic E-state index is 13.0. The Bertz CT molecular complexity index is 1340. The molecule has 3 N–H and O–H groups in total. The molecule has 0 aliphatic carbocycles. The zero-order valence-electron chi connectivity index (χ0n) is 16.4. The lowest BCUT2D eigenvalue weighted by atomic mass is 10.2. The Morgan fingerprint density at radius 1 is 1.12 bits per heavy atom. The van der Waals surface area contributed by atoms with Gasteiger partial charge in [-0.25, -0.2) is 4.98 Å². The van der Waals surface area contributed by atoms with Crippen molar-refractivity contribution in [3.8, 4) is 11.5 Å². The molecule has 0 aliphatic rings. The number of alkyl halides is 3. The summed E-state index contributed by atoms with van der Waals surface area (Å²) in [5, 5.41) is 2.97. The van der Waals surface area contributed by atoms with Gasteiger partial charge < -0.3 is 20.4 Å². The second kappa shape index (κ2) is 8.04. The molecular formula is C21H15ClF3N5O2. The number of carbonyl (C=O) groups is 1. The Kier molecular flexibility index (Phi) is 5.39. The van der Waals surface area contributed by atoms with Gasteiger partial charge in [0.05, 0.1) is 27.3 Å². The molecule has 0 bridgehead atoms. The van der Waals surface area contributed by atoms with Crippen molar-refractivity contribution < 1.29 is 22.7 Å². The predicted octanol–water partition coefficient (Wildman–Crippen LogP) is 5.28. The Morgan fingerprint density at radius 3 is 2.59 bits per heavy atom. The third kappa shape index (κ3) is 4.30. The number of aryl methyl sites for hydroxylation is 1. The number of imidazole rings is 1. The first kappa shape index (κ1) is 21.4. The van der Waals surface area contributed by atoms with Crippen molar-refractivity contribution in [2.45, 2.75) is 6.18 Å². The summed E-state index contributed by atoms with van der Waals surface area (Å²) in [6, 6.07) is 11.1. The van der Waals surface area contributed by atoms with Gasteiger partial charge in [0.15, 0.2) is 0 Å². The van der Waals surface area contributed by atoms with Crippen molar-refractivity contribution in [3.05, 3.63) is 71.0 Å². The van der Waals surface area contributed by atoms with Crippen molar-refractivity contribution in [1.29, 1.82) is 0 Å². The molecule has 4 aromatic rings. The van der Waals surface area contributed by atoms with Crippen LogP contribution in [0.1, 0.15) is 16.1 Å². The lowest BCUT2D eigenvalue weighted by Gasteiger charge is -2.12. The molecule has 0 radical (unpaired) electrons. The molecule has 0 spiro atoms. The number of amides is 1. The summed E-state index contributed by atoms with van der Waals surface area (Å²) in [4.78, 5) is 19.6. The highest BCUT2D eigenvalue weighted by atomic mass is 35.5. The summed E-state index contributed by atoms with van der Waals surface area (Å²) >= 11 is 6.07. The van der Waals surface area contributed by atoms with Crippen LogP contribution in [0.25, 0.3) is 11.0 Å². The van der Waals surface area contributed by atoms with E-state index in [0.717, 1.165) is 12.1 Å². The number of nitrogens with zero attached hydrogens (tertiary/aromatic N) is 3. The molecular weight excluding hydrogens is 447 g/mol. The molecule has 0 atom stereocenters. The van der Waals surface area contributed by atoms with Gasteiger partial charge in [-0.2, -0.15) is 13.2 Å². The average Bonchev–Trinajstić information content (AvgIpc) is 3.03. The van der Waals surface area contributed by atoms with E-state index in [1.165, 1.54) is 18.3 Å². The van der Waals surface area contributed by atoms with E-state index in [0.29, 0.717) is 28.5 Å². The molecule has 0 saturated carbocycles. The van der Waals surface area contributed by atoms with Crippen molar-refractivity contribution in [3.63, 3.8) is 0 Å². The fourth-order valence-corrected chi connectivity index (χ4v) is 3.18. The number of rotatable bonds is 5. The van der Waals surface area contributed by atoms with Gasteiger partial charge >= 0.3 is 6.18 Å². The number of hydrogen-bond donors (Lipinski definition) is 2. The number of benzene rings is 2.